The third-order valence-electron chi connectivity index (χ3n) is 3.38. The van der Waals surface area contributed by atoms with Gasteiger partial charge in [0.25, 0.3) is 0 Å². The molecule has 0 aliphatic heterocycles. The van der Waals surface area contributed by atoms with E-state index in [0.29, 0.717) is 18.9 Å². The van der Waals surface area contributed by atoms with E-state index in [0.717, 1.165) is 19.0 Å². The number of aliphatic hydroxyl groups is 1. The molecule has 1 unspecified atom stereocenters. The Bertz CT molecular complexity index is 484. The third-order valence-corrected chi connectivity index (χ3v) is 3.38. The van der Waals surface area contributed by atoms with Gasteiger partial charge in [0.15, 0.2) is 0 Å². The van der Waals surface area contributed by atoms with Crippen molar-refractivity contribution in [2.24, 2.45) is 5.92 Å². The van der Waals surface area contributed by atoms with Crippen molar-refractivity contribution < 1.29 is 14.8 Å². The molecule has 1 saturated carbocycles. The topological polar surface area (TPSA) is 110 Å². The van der Waals surface area contributed by atoms with E-state index in [9.17, 15) is 14.9 Å². The number of rotatable bonds is 8. The maximum absolute atomic E-state index is 11.8. The zero-order chi connectivity index (χ0) is 14.5. The molecule has 1 aromatic rings. The third kappa shape index (κ3) is 4.02. The van der Waals surface area contributed by atoms with Crippen LogP contribution in [0.3, 0.4) is 0 Å². The van der Waals surface area contributed by atoms with Gasteiger partial charge in [-0.1, -0.05) is 0 Å². The monoisotopic (exact) mass is 282 g/mol. The Morgan fingerprint density at radius 3 is 2.95 bits per heavy atom. The van der Waals surface area contributed by atoms with Crippen molar-refractivity contribution in [3.63, 3.8) is 0 Å². The highest BCUT2D eigenvalue weighted by atomic mass is 16.6. The van der Waals surface area contributed by atoms with Crippen molar-refractivity contribution in [2.45, 2.75) is 38.3 Å². The van der Waals surface area contributed by atoms with E-state index < -0.39 is 4.92 Å². The quantitative estimate of drug-likeness (QED) is 0.531. The number of carbonyl (C=O) groups is 1. The van der Waals surface area contributed by atoms with Crippen molar-refractivity contribution in [1.82, 2.24) is 15.1 Å². The predicted octanol–water partition coefficient (Wildman–Crippen LogP) is 0.459. The molecule has 0 spiro atoms. The van der Waals surface area contributed by atoms with E-state index in [1.807, 2.05) is 0 Å². The highest BCUT2D eigenvalue weighted by Gasteiger charge is 2.31. The van der Waals surface area contributed by atoms with Crippen LogP contribution in [0, 0.1) is 16.0 Å². The Hall–Kier alpha value is -1.96. The van der Waals surface area contributed by atoms with E-state index >= 15 is 0 Å². The Balaban J connectivity index is 1.77. The number of nitro groups is 1. The summed E-state index contributed by atoms with van der Waals surface area (Å²) in [5.41, 5.74) is -0.0819. The summed E-state index contributed by atoms with van der Waals surface area (Å²) in [5.74, 6) is 0.366. The molecule has 8 heteroatoms. The molecular weight excluding hydrogens is 264 g/mol. The number of hydrogen-bond acceptors (Lipinski definition) is 5. The van der Waals surface area contributed by atoms with Crippen LogP contribution in [0.4, 0.5) is 5.69 Å². The smallest absolute Gasteiger partial charge is 0.306 e. The highest BCUT2D eigenvalue weighted by Crippen LogP contribution is 2.33. The van der Waals surface area contributed by atoms with Gasteiger partial charge in [-0.15, -0.1) is 0 Å². The van der Waals surface area contributed by atoms with Crippen molar-refractivity contribution in [1.29, 1.82) is 0 Å². The average Bonchev–Trinajstić information content (AvgIpc) is 3.14. The molecule has 1 amide bonds. The molecule has 110 valence electrons. The highest BCUT2D eigenvalue weighted by molar-refractivity contribution is 5.76. The Labute approximate surface area is 115 Å². The van der Waals surface area contributed by atoms with Crippen LogP contribution in [0.2, 0.25) is 0 Å². The summed E-state index contributed by atoms with van der Waals surface area (Å²) in [6, 6.07) is 0.0412. The van der Waals surface area contributed by atoms with Crippen LogP contribution in [-0.4, -0.2) is 38.4 Å². The van der Waals surface area contributed by atoms with Crippen LogP contribution >= 0.6 is 0 Å². The molecule has 1 fully saturated rings. The van der Waals surface area contributed by atoms with Crippen molar-refractivity contribution in [3.05, 3.63) is 22.5 Å². The number of nitrogens with zero attached hydrogens (tertiary/aromatic N) is 3. The molecule has 8 nitrogen and oxygen atoms in total. The van der Waals surface area contributed by atoms with Gasteiger partial charge in [0, 0.05) is 25.6 Å². The summed E-state index contributed by atoms with van der Waals surface area (Å²) in [5, 5.41) is 26.2. The Morgan fingerprint density at radius 2 is 2.40 bits per heavy atom. The molecule has 0 saturated heterocycles. The largest absolute Gasteiger partial charge is 0.396 e. The lowest BCUT2D eigenvalue weighted by Crippen LogP contribution is -2.37. The second kappa shape index (κ2) is 6.47. The van der Waals surface area contributed by atoms with Gasteiger partial charge in [-0.3, -0.25) is 19.6 Å². The first-order valence-corrected chi connectivity index (χ1v) is 6.67. The number of aromatic nitrogens is 2. The van der Waals surface area contributed by atoms with Crippen molar-refractivity contribution in [3.8, 4) is 0 Å². The fourth-order valence-corrected chi connectivity index (χ4v) is 2.13. The standard InChI is InChI=1S/C12H18N4O4/c17-6-4-11(9-1-2-9)14-12(18)3-5-15-8-10(7-13-15)16(19)20/h7-9,11,17H,1-6H2,(H,14,18). The molecule has 1 aliphatic rings. The van der Waals surface area contributed by atoms with Gasteiger partial charge in [-0.2, -0.15) is 5.10 Å². The number of nitrogens with one attached hydrogen (secondary N) is 1. The van der Waals surface area contributed by atoms with Crippen molar-refractivity contribution >= 4 is 11.6 Å². The maximum Gasteiger partial charge on any atom is 0.306 e. The van der Waals surface area contributed by atoms with Crippen LogP contribution in [0.1, 0.15) is 25.7 Å². The summed E-state index contributed by atoms with van der Waals surface area (Å²) in [7, 11) is 0. The zero-order valence-corrected chi connectivity index (χ0v) is 11.1. The van der Waals surface area contributed by atoms with Gasteiger partial charge in [0.2, 0.25) is 5.91 Å². The molecule has 0 radical (unpaired) electrons. The van der Waals surface area contributed by atoms with E-state index in [1.165, 1.54) is 10.9 Å². The lowest BCUT2D eigenvalue weighted by molar-refractivity contribution is -0.385. The fraction of sp³-hybridized carbons (Fsp3) is 0.667. The molecule has 1 aliphatic carbocycles. The summed E-state index contributed by atoms with van der Waals surface area (Å²) < 4.78 is 1.38. The van der Waals surface area contributed by atoms with Gasteiger partial charge >= 0.3 is 5.69 Å². The lowest BCUT2D eigenvalue weighted by atomic mass is 10.1. The number of amides is 1. The van der Waals surface area contributed by atoms with Crippen LogP contribution < -0.4 is 5.32 Å². The minimum absolute atomic E-state index is 0.0412. The SMILES string of the molecule is O=C(CCn1cc([N+](=O)[O-])cn1)NC(CCO)C1CC1. The van der Waals surface area contributed by atoms with Crippen LogP contribution in [0.5, 0.6) is 0 Å². The van der Waals surface area contributed by atoms with Crippen LogP contribution in [0.25, 0.3) is 0 Å². The second-order valence-corrected chi connectivity index (χ2v) is 4.99. The predicted molar refractivity (Wildman–Crippen MR) is 69.9 cm³/mol. The lowest BCUT2D eigenvalue weighted by Gasteiger charge is -2.16. The average molecular weight is 282 g/mol. The normalized spacial score (nSPS) is 15.8. The van der Waals surface area contributed by atoms with E-state index in [-0.39, 0.29) is 30.7 Å². The van der Waals surface area contributed by atoms with Crippen LogP contribution in [0.15, 0.2) is 12.4 Å². The van der Waals surface area contributed by atoms with Crippen molar-refractivity contribution in [2.75, 3.05) is 6.61 Å². The van der Waals surface area contributed by atoms with Gasteiger partial charge < -0.3 is 10.4 Å². The fourth-order valence-electron chi connectivity index (χ4n) is 2.13. The maximum atomic E-state index is 11.8. The van der Waals surface area contributed by atoms with Gasteiger partial charge in [0.05, 0.1) is 4.92 Å². The first-order chi connectivity index (χ1) is 9.60. The minimum atomic E-state index is -0.520. The molecule has 2 N–H and O–H groups in total. The zero-order valence-electron chi connectivity index (χ0n) is 11.1. The molecule has 0 bridgehead atoms. The van der Waals surface area contributed by atoms with Gasteiger partial charge in [-0.05, 0) is 25.2 Å². The Kier molecular flexibility index (Phi) is 4.67. The molecular formula is C12H18N4O4. The first-order valence-electron chi connectivity index (χ1n) is 6.67. The summed E-state index contributed by atoms with van der Waals surface area (Å²) >= 11 is 0. The minimum Gasteiger partial charge on any atom is -0.396 e. The molecule has 20 heavy (non-hydrogen) atoms. The van der Waals surface area contributed by atoms with Crippen LogP contribution in [-0.2, 0) is 11.3 Å². The summed E-state index contributed by atoms with van der Waals surface area (Å²) in [6.45, 7) is 0.364. The molecule has 1 atom stereocenters. The number of hydrogen-bond donors (Lipinski definition) is 2. The van der Waals surface area contributed by atoms with Gasteiger partial charge in [-0.25, -0.2) is 0 Å². The van der Waals surface area contributed by atoms with E-state index in [4.69, 9.17) is 5.11 Å². The summed E-state index contributed by atoms with van der Waals surface area (Å²) in [4.78, 5) is 21.8. The van der Waals surface area contributed by atoms with E-state index in [2.05, 4.69) is 10.4 Å². The Morgan fingerprint density at radius 1 is 1.65 bits per heavy atom. The van der Waals surface area contributed by atoms with Gasteiger partial charge in [0.1, 0.15) is 12.4 Å². The first kappa shape index (κ1) is 14.4. The number of carbonyl (C=O) groups excluding carboxylic acids is 1. The molecule has 2 rings (SSSR count). The number of aliphatic hydroxyl groups excluding tert-OH is 1. The van der Waals surface area contributed by atoms with E-state index in [1.54, 1.807) is 0 Å². The molecule has 1 heterocycles. The molecule has 0 aromatic carbocycles. The molecule has 1 aromatic heterocycles. The number of aryl methyl sites for hydroxylation is 1. The summed E-state index contributed by atoms with van der Waals surface area (Å²) in [6.07, 6.45) is 5.44. The second-order valence-electron chi connectivity index (χ2n) is 4.99.